The van der Waals surface area contributed by atoms with Gasteiger partial charge in [0, 0.05) is 46.8 Å². The van der Waals surface area contributed by atoms with Gasteiger partial charge in [0.1, 0.15) is 12.1 Å². The van der Waals surface area contributed by atoms with E-state index in [0.29, 0.717) is 13.0 Å². The molecule has 1 unspecified atom stereocenters. The molecule has 0 aromatic rings. The molecule has 1 saturated heterocycles. The van der Waals surface area contributed by atoms with Crippen LogP contribution in [0.5, 0.6) is 0 Å². The van der Waals surface area contributed by atoms with Gasteiger partial charge in [-0.1, -0.05) is 73.3 Å². The Kier molecular flexibility index (Phi) is 13.7. The van der Waals surface area contributed by atoms with Crippen LogP contribution in [0, 0.1) is 28.6 Å². The summed E-state index contributed by atoms with van der Waals surface area (Å²) < 4.78 is 27.8. The predicted octanol–water partition coefficient (Wildman–Crippen LogP) is 2.03. The lowest BCUT2D eigenvalue weighted by atomic mass is 9.83. The summed E-state index contributed by atoms with van der Waals surface area (Å²) in [5, 5.41) is 11.2. The van der Waals surface area contributed by atoms with E-state index in [9.17, 15) is 32.4 Å². The van der Waals surface area contributed by atoms with Crippen LogP contribution in [0.15, 0.2) is 12.7 Å². The van der Waals surface area contributed by atoms with Gasteiger partial charge < -0.3 is 26.2 Å². The van der Waals surface area contributed by atoms with Crippen LogP contribution in [-0.2, 0) is 29.4 Å². The average molecular weight is 724 g/mol. The fourth-order valence-electron chi connectivity index (χ4n) is 7.57. The third-order valence-corrected chi connectivity index (χ3v) is 12.8. The lowest BCUT2D eigenvalue weighted by molar-refractivity contribution is -0.144. The normalized spacial score (nSPS) is 23.7. The van der Waals surface area contributed by atoms with Crippen molar-refractivity contribution >= 4 is 39.7 Å². The summed E-state index contributed by atoms with van der Waals surface area (Å²) in [5.41, 5.74) is -0.730. The van der Waals surface area contributed by atoms with Crippen molar-refractivity contribution in [2.75, 3.05) is 40.8 Å². The molecule has 6 atom stereocenters. The summed E-state index contributed by atoms with van der Waals surface area (Å²) in [4.78, 5) is 69.5. The van der Waals surface area contributed by atoms with Gasteiger partial charge in [-0.25, -0.2) is 4.79 Å². The summed E-state index contributed by atoms with van der Waals surface area (Å²) in [6, 6.07) is -4.01. The van der Waals surface area contributed by atoms with Gasteiger partial charge in [-0.15, -0.1) is 6.58 Å². The molecule has 4 N–H and O–H groups in total. The summed E-state index contributed by atoms with van der Waals surface area (Å²) in [5.74, 6) is -2.61. The fourth-order valence-corrected chi connectivity index (χ4v) is 8.47. The van der Waals surface area contributed by atoms with Crippen molar-refractivity contribution in [2.24, 2.45) is 28.6 Å². The lowest BCUT2D eigenvalue weighted by Gasteiger charge is -2.38. The number of carbonyl (C=O) groups excluding carboxylic acids is 5. The molecular formula is C35H61N7O7S. The zero-order chi connectivity index (χ0) is 37.8. The Morgan fingerprint density at radius 1 is 1.00 bits per heavy atom. The Hall–Kier alpha value is -3.04. The van der Waals surface area contributed by atoms with E-state index < -0.39 is 63.4 Å². The molecule has 3 rings (SSSR count). The van der Waals surface area contributed by atoms with E-state index in [1.54, 1.807) is 4.90 Å². The van der Waals surface area contributed by atoms with Gasteiger partial charge >= 0.3 is 6.03 Å². The molecule has 284 valence electrons. The van der Waals surface area contributed by atoms with Crippen molar-refractivity contribution < 1.29 is 32.4 Å². The number of rotatable bonds is 16. The van der Waals surface area contributed by atoms with Crippen molar-refractivity contribution in [3.63, 3.8) is 0 Å². The number of nitrogens with one attached hydrogen (secondary N) is 4. The molecule has 0 bridgehead atoms. The number of fused-ring (bicyclic) bond motifs is 1. The molecule has 0 spiro atoms. The molecule has 14 nitrogen and oxygen atoms in total. The highest BCUT2D eigenvalue weighted by molar-refractivity contribution is 7.86. The first-order chi connectivity index (χ1) is 23.2. The van der Waals surface area contributed by atoms with Gasteiger partial charge in [0.05, 0.1) is 6.04 Å². The second-order valence-electron chi connectivity index (χ2n) is 16.1. The number of likely N-dealkylation sites (N-methyl/N-ethyl adjacent to an activating group) is 1. The van der Waals surface area contributed by atoms with Gasteiger partial charge in [-0.2, -0.15) is 17.0 Å². The largest absolute Gasteiger partial charge is 0.346 e. The van der Waals surface area contributed by atoms with Gasteiger partial charge in [-0.05, 0) is 47.8 Å². The van der Waals surface area contributed by atoms with Crippen LogP contribution in [0.25, 0.3) is 0 Å². The van der Waals surface area contributed by atoms with Crippen LogP contribution in [0.4, 0.5) is 4.79 Å². The van der Waals surface area contributed by atoms with Crippen LogP contribution >= 0.6 is 0 Å². The quantitative estimate of drug-likeness (QED) is 0.139. The molecule has 3 aliphatic rings. The minimum absolute atomic E-state index is 0.00947. The van der Waals surface area contributed by atoms with E-state index in [4.69, 9.17) is 0 Å². The maximum Gasteiger partial charge on any atom is 0.315 e. The molecule has 2 aliphatic carbocycles. The number of amides is 5. The van der Waals surface area contributed by atoms with Gasteiger partial charge in [0.2, 0.25) is 17.6 Å². The summed E-state index contributed by atoms with van der Waals surface area (Å²) in [6.45, 7) is 15.7. The Morgan fingerprint density at radius 3 is 2.16 bits per heavy atom. The topological polar surface area (TPSA) is 177 Å². The molecule has 0 radical (unpaired) electrons. The van der Waals surface area contributed by atoms with Crippen LogP contribution in [0.3, 0.4) is 0 Å². The second kappa shape index (κ2) is 16.5. The van der Waals surface area contributed by atoms with Crippen LogP contribution < -0.4 is 21.3 Å². The first-order valence-electron chi connectivity index (χ1n) is 17.9. The maximum atomic E-state index is 14.6. The van der Waals surface area contributed by atoms with Gasteiger partial charge in [0.15, 0.2) is 0 Å². The average Bonchev–Trinajstić information content (AvgIpc) is 3.35. The Bertz CT molecular complexity index is 1390. The number of hydrogen-bond donors (Lipinski definition) is 4. The maximum absolute atomic E-state index is 14.6. The Balaban J connectivity index is 1.87. The fraction of sp³-hybridized carbons (Fsp3) is 0.800. The number of Topliss-reactive ketones (excluding diaryl/α,β-unsaturated/α-hetero) is 1. The lowest BCUT2D eigenvalue weighted by Crippen LogP contribution is -2.62. The van der Waals surface area contributed by atoms with E-state index in [1.807, 2.05) is 27.7 Å². The monoisotopic (exact) mass is 723 g/mol. The number of nitrogens with zero attached hydrogens (tertiary/aromatic N) is 3. The highest BCUT2D eigenvalue weighted by Crippen LogP contribution is 2.65. The van der Waals surface area contributed by atoms with Crippen molar-refractivity contribution in [1.82, 2.24) is 34.8 Å². The second-order valence-corrected chi connectivity index (χ2v) is 18.3. The SMILES string of the molecule is C=CCNC(=O)C(=O)C(CCC)NC(=O)[C@@H]1[C@@H]2[C@H](CN1C(=O)[C@@H](NC(=O)N[C@H](CN(C)S(=O)(=O)N(C)C)C(C)(C)C)C1CCCCC1)C2(C)C. The van der Waals surface area contributed by atoms with E-state index >= 15 is 0 Å². The molecule has 0 aromatic carbocycles. The molecule has 1 heterocycles. The van der Waals surface area contributed by atoms with Gasteiger partial charge in [-0.3, -0.25) is 19.2 Å². The van der Waals surface area contributed by atoms with Crippen molar-refractivity contribution in [1.29, 1.82) is 0 Å². The van der Waals surface area contributed by atoms with Crippen LogP contribution in [0.1, 0.15) is 86.5 Å². The minimum atomic E-state index is -3.74. The number of ketones is 1. The van der Waals surface area contributed by atoms with Crippen molar-refractivity contribution in [2.45, 2.75) is 111 Å². The molecule has 5 amide bonds. The highest BCUT2D eigenvalue weighted by atomic mass is 32.2. The third-order valence-electron chi connectivity index (χ3n) is 10.9. The molecule has 15 heteroatoms. The minimum Gasteiger partial charge on any atom is -0.346 e. The first-order valence-corrected chi connectivity index (χ1v) is 19.3. The number of hydrogen-bond acceptors (Lipinski definition) is 7. The van der Waals surface area contributed by atoms with E-state index in [2.05, 4.69) is 41.7 Å². The predicted molar refractivity (Wildman–Crippen MR) is 192 cm³/mol. The standard InChI is InChI=1S/C35H61N7O7S/c1-11-16-24(29(43)31(45)36-19-12-2)37-30(44)28-26-23(35(26,6)7)20-42(28)32(46)27(22-17-14-13-15-18-22)39-33(47)38-25(34(3,4)5)21-41(10)50(48,49)40(8)9/h12,22-28H,2,11,13-21H2,1,3-10H3,(H,36,45)(H,37,44)(H2,38,39,47)/t23-,24?,25+,26-,27-,28-/m0/s1. The molecule has 0 aromatic heterocycles. The van der Waals surface area contributed by atoms with Crippen LogP contribution in [0.2, 0.25) is 0 Å². The van der Waals surface area contributed by atoms with Crippen LogP contribution in [-0.4, -0.2) is 116 Å². The highest BCUT2D eigenvalue weighted by Gasteiger charge is 2.69. The van der Waals surface area contributed by atoms with Gasteiger partial charge in [0.25, 0.3) is 16.1 Å². The first kappa shape index (κ1) is 41.4. The molecule has 1 aliphatic heterocycles. The van der Waals surface area contributed by atoms with E-state index in [1.165, 1.54) is 31.5 Å². The number of urea groups is 1. The summed E-state index contributed by atoms with van der Waals surface area (Å²) >= 11 is 0. The Morgan fingerprint density at radius 2 is 1.62 bits per heavy atom. The zero-order valence-corrected chi connectivity index (χ0v) is 32.3. The molecule has 50 heavy (non-hydrogen) atoms. The molecule has 3 fully saturated rings. The number of likely N-dealkylation sites (tertiary alicyclic amines) is 1. The van der Waals surface area contributed by atoms with E-state index in [-0.39, 0.29) is 48.6 Å². The summed E-state index contributed by atoms with van der Waals surface area (Å²) in [6.07, 6.45) is 6.59. The molecule has 2 saturated carbocycles. The number of piperidine rings is 1. The molecular weight excluding hydrogens is 662 g/mol. The van der Waals surface area contributed by atoms with Crippen molar-refractivity contribution in [3.8, 4) is 0 Å². The number of carbonyl (C=O) groups is 5. The zero-order valence-electron chi connectivity index (χ0n) is 31.5. The Labute approximate surface area is 299 Å². The van der Waals surface area contributed by atoms with Crippen molar-refractivity contribution in [3.05, 3.63) is 12.7 Å². The third kappa shape index (κ3) is 9.44. The van der Waals surface area contributed by atoms with E-state index in [0.717, 1.165) is 36.4 Å². The smallest absolute Gasteiger partial charge is 0.315 e. The summed E-state index contributed by atoms with van der Waals surface area (Å²) in [7, 11) is 0.608.